The maximum atomic E-state index is 15.4. The molecule has 40 heavy (non-hydrogen) atoms. The lowest BCUT2D eigenvalue weighted by Gasteiger charge is -2.45. The van der Waals surface area contributed by atoms with Crippen LogP contribution >= 0.6 is 11.6 Å². The van der Waals surface area contributed by atoms with E-state index in [1.165, 1.54) is 39.8 Å². The van der Waals surface area contributed by atoms with Crippen molar-refractivity contribution in [1.82, 2.24) is 9.47 Å². The van der Waals surface area contributed by atoms with E-state index in [9.17, 15) is 24.3 Å². The maximum absolute atomic E-state index is 15.4. The summed E-state index contributed by atoms with van der Waals surface area (Å²) in [6.07, 6.45) is 2.12. The predicted octanol–water partition coefficient (Wildman–Crippen LogP) is 4.02. The van der Waals surface area contributed by atoms with E-state index in [0.29, 0.717) is 19.4 Å². The topological polar surface area (TPSA) is 144 Å². The second-order valence-corrected chi connectivity index (χ2v) is 11.1. The van der Waals surface area contributed by atoms with E-state index < -0.39 is 40.9 Å². The number of aromatic nitrogens is 1. The summed E-state index contributed by atoms with van der Waals surface area (Å²) >= 11 is 6.08. The van der Waals surface area contributed by atoms with Crippen LogP contribution in [0, 0.1) is 11.7 Å². The minimum Gasteiger partial charge on any atom is -0.507 e. The Hall–Kier alpha value is -4.12. The summed E-state index contributed by atoms with van der Waals surface area (Å²) in [5.41, 5.74) is 4.10. The number of hydrogen-bond donors (Lipinski definition) is 3. The van der Waals surface area contributed by atoms with Crippen LogP contribution in [0.15, 0.2) is 41.2 Å². The number of nitrogens with two attached hydrogens (primary N) is 1. The zero-order valence-corrected chi connectivity index (χ0v) is 22.0. The van der Waals surface area contributed by atoms with Crippen LogP contribution in [0.1, 0.15) is 54.1 Å². The summed E-state index contributed by atoms with van der Waals surface area (Å²) in [6.45, 7) is 0.183. The normalized spacial score (nSPS) is 21.1. The Morgan fingerprint density at radius 3 is 2.73 bits per heavy atom. The number of fused-ring (bicyclic) bond motifs is 3. The predicted molar refractivity (Wildman–Crippen MR) is 144 cm³/mol. The molecule has 3 aliphatic rings. The third kappa shape index (κ3) is 4.34. The third-order valence-corrected chi connectivity index (χ3v) is 8.30. The Bertz CT molecular complexity index is 1650. The largest absolute Gasteiger partial charge is 0.507 e. The molecule has 3 aromatic rings. The summed E-state index contributed by atoms with van der Waals surface area (Å²) < 4.78 is 22.4. The molecule has 3 amide bonds. The lowest BCUT2D eigenvalue weighted by molar-refractivity contribution is -0.143. The molecule has 6 rings (SSSR count). The van der Waals surface area contributed by atoms with Gasteiger partial charge in [0.25, 0.3) is 5.56 Å². The highest BCUT2D eigenvalue weighted by atomic mass is 35.5. The van der Waals surface area contributed by atoms with Crippen molar-refractivity contribution >= 4 is 46.1 Å². The van der Waals surface area contributed by atoms with Gasteiger partial charge in [0, 0.05) is 23.6 Å². The third-order valence-electron chi connectivity index (χ3n) is 8.01. The number of nitrogens with one attached hydrogen (secondary N) is 1. The fourth-order valence-electron chi connectivity index (χ4n) is 5.97. The number of likely N-dealkylation sites (tertiary alicyclic amines) is 1. The van der Waals surface area contributed by atoms with Gasteiger partial charge in [-0.05, 0) is 55.5 Å². The number of piperidine rings is 1. The van der Waals surface area contributed by atoms with Crippen LogP contribution in [0.5, 0.6) is 5.75 Å². The molecule has 2 aliphatic heterocycles. The van der Waals surface area contributed by atoms with Gasteiger partial charge in [-0.3, -0.25) is 24.3 Å². The molecule has 10 nitrogen and oxygen atoms in total. The number of carbonyl (C=O) groups excluding carboxylic acids is 3. The van der Waals surface area contributed by atoms with Gasteiger partial charge in [-0.2, -0.15) is 0 Å². The summed E-state index contributed by atoms with van der Waals surface area (Å²) in [5.74, 6) is -1.93. The Balaban J connectivity index is 1.43. The highest BCUT2D eigenvalue weighted by molar-refractivity contribution is 6.31. The lowest BCUT2D eigenvalue weighted by atomic mass is 9.82. The molecule has 12 heteroatoms. The van der Waals surface area contributed by atoms with Gasteiger partial charge in [-0.25, -0.2) is 9.18 Å². The average Bonchev–Trinajstić information content (AvgIpc) is 3.73. The van der Waals surface area contributed by atoms with Crippen LogP contribution in [-0.4, -0.2) is 45.6 Å². The molecule has 1 saturated carbocycles. The molecule has 1 saturated heterocycles. The van der Waals surface area contributed by atoms with Gasteiger partial charge in [0.15, 0.2) is 11.4 Å². The molecule has 208 valence electrons. The van der Waals surface area contributed by atoms with Crippen LogP contribution < -0.4 is 16.6 Å². The van der Waals surface area contributed by atoms with Crippen molar-refractivity contribution in [2.45, 2.75) is 43.7 Å². The van der Waals surface area contributed by atoms with Gasteiger partial charge >= 0.3 is 6.09 Å². The molecular formula is C28H26ClFN4O6. The number of ether oxygens (including phenoxy) is 1. The smallest absolute Gasteiger partial charge is 0.412 e. The first-order chi connectivity index (χ1) is 19.1. The Kier molecular flexibility index (Phi) is 6.21. The molecule has 1 spiro atoms. The van der Waals surface area contributed by atoms with Crippen molar-refractivity contribution in [2.75, 3.05) is 18.4 Å². The number of anilines is 1. The Morgan fingerprint density at radius 2 is 2.00 bits per heavy atom. The van der Waals surface area contributed by atoms with Crippen molar-refractivity contribution in [2.24, 2.45) is 11.7 Å². The number of benzene rings is 2. The summed E-state index contributed by atoms with van der Waals surface area (Å²) in [5, 5.41) is 13.1. The standard InChI is InChI=1S/C28H26ClFN4O6/c29-17-5-6-18-23(24(17)30)28(40-27(39)32-18)8-1-9-33(13-28)26(38)20(10-14-2-3-14)34-19-7-4-15(25(31)37)11-16(19)21(35)12-22(34)36/h4-7,11-12,14,20,35H,1-3,8-10,13H2,(H2,31,37)(H,32,39)/t20-,28-/m0/s1. The fourth-order valence-corrected chi connectivity index (χ4v) is 6.12. The molecule has 2 fully saturated rings. The van der Waals surface area contributed by atoms with E-state index in [1.807, 2.05) is 0 Å². The van der Waals surface area contributed by atoms with E-state index in [-0.39, 0.29) is 57.4 Å². The summed E-state index contributed by atoms with van der Waals surface area (Å²) in [4.78, 5) is 53.3. The second kappa shape index (κ2) is 9.51. The molecule has 0 unspecified atom stereocenters. The van der Waals surface area contributed by atoms with Gasteiger partial charge in [-0.15, -0.1) is 0 Å². The zero-order chi connectivity index (χ0) is 28.3. The summed E-state index contributed by atoms with van der Waals surface area (Å²) in [6, 6.07) is 7.23. The number of rotatable bonds is 5. The van der Waals surface area contributed by atoms with Crippen LogP contribution in [0.25, 0.3) is 10.9 Å². The minimum atomic E-state index is -1.46. The number of halogens is 2. The van der Waals surface area contributed by atoms with Crippen molar-refractivity contribution in [1.29, 1.82) is 0 Å². The van der Waals surface area contributed by atoms with Gasteiger partial charge in [0.1, 0.15) is 11.8 Å². The van der Waals surface area contributed by atoms with E-state index in [2.05, 4.69) is 5.32 Å². The molecule has 2 aromatic carbocycles. The van der Waals surface area contributed by atoms with Crippen molar-refractivity contribution in [3.63, 3.8) is 0 Å². The SMILES string of the molecule is NC(=O)c1ccc2c(c1)c(O)cc(=O)n2[C@@H](CC1CC1)C(=O)N1CCC[C@@]2(C1)OC(=O)Nc1ccc(Cl)c(F)c12. The van der Waals surface area contributed by atoms with Gasteiger partial charge < -0.3 is 20.5 Å². The van der Waals surface area contributed by atoms with Crippen molar-refractivity contribution < 1.29 is 28.6 Å². The number of aromatic hydroxyl groups is 1. The minimum absolute atomic E-state index is 0.0853. The molecule has 0 bridgehead atoms. The molecule has 4 N–H and O–H groups in total. The molecule has 3 heterocycles. The van der Waals surface area contributed by atoms with Gasteiger partial charge in [0.2, 0.25) is 11.8 Å². The van der Waals surface area contributed by atoms with Crippen LogP contribution in [0.3, 0.4) is 0 Å². The molecule has 0 radical (unpaired) electrons. The second-order valence-electron chi connectivity index (χ2n) is 10.7. The van der Waals surface area contributed by atoms with Gasteiger partial charge in [0.05, 0.1) is 28.3 Å². The molecule has 2 atom stereocenters. The fraction of sp³-hybridized carbons (Fsp3) is 0.357. The number of pyridine rings is 1. The maximum Gasteiger partial charge on any atom is 0.412 e. The first kappa shape index (κ1) is 26.1. The van der Waals surface area contributed by atoms with Crippen molar-refractivity contribution in [3.8, 4) is 5.75 Å². The van der Waals surface area contributed by atoms with Crippen LogP contribution in [0.2, 0.25) is 5.02 Å². The number of primary amides is 1. The van der Waals surface area contributed by atoms with E-state index in [1.54, 1.807) is 0 Å². The van der Waals surface area contributed by atoms with Gasteiger partial charge in [-0.1, -0.05) is 24.4 Å². The van der Waals surface area contributed by atoms with Crippen LogP contribution in [0.4, 0.5) is 14.9 Å². The first-order valence-corrected chi connectivity index (χ1v) is 13.4. The number of nitrogens with zero attached hydrogens (tertiary/aromatic N) is 2. The quantitative estimate of drug-likeness (QED) is 0.424. The molecule has 1 aliphatic carbocycles. The lowest BCUT2D eigenvalue weighted by Crippen LogP contribution is -2.55. The van der Waals surface area contributed by atoms with E-state index >= 15 is 4.39 Å². The van der Waals surface area contributed by atoms with Crippen molar-refractivity contribution in [3.05, 3.63) is 68.7 Å². The average molecular weight is 569 g/mol. The zero-order valence-electron chi connectivity index (χ0n) is 21.3. The monoisotopic (exact) mass is 568 g/mol. The van der Waals surface area contributed by atoms with E-state index in [0.717, 1.165) is 18.9 Å². The molecular weight excluding hydrogens is 543 g/mol. The highest BCUT2D eigenvalue weighted by Crippen LogP contribution is 2.46. The molecule has 1 aromatic heterocycles. The first-order valence-electron chi connectivity index (χ1n) is 13.0. The summed E-state index contributed by atoms with van der Waals surface area (Å²) in [7, 11) is 0. The van der Waals surface area contributed by atoms with E-state index in [4.69, 9.17) is 22.1 Å². The van der Waals surface area contributed by atoms with Crippen LogP contribution in [-0.2, 0) is 15.1 Å². The Labute approximate surface area is 232 Å². The number of carbonyl (C=O) groups is 3. The number of hydrogen-bond acceptors (Lipinski definition) is 6. The number of amides is 3. The highest BCUT2D eigenvalue weighted by Gasteiger charge is 2.49. The Morgan fingerprint density at radius 1 is 1.23 bits per heavy atom.